The molecule has 128 valence electrons. The van der Waals surface area contributed by atoms with E-state index < -0.39 is 5.97 Å². The zero-order valence-electron chi connectivity index (χ0n) is 14.2. The Balaban J connectivity index is 2.03. The summed E-state index contributed by atoms with van der Waals surface area (Å²) in [5.74, 6) is 1.70. The predicted octanol–water partition coefficient (Wildman–Crippen LogP) is 4.30. The van der Waals surface area contributed by atoms with Gasteiger partial charge < -0.3 is 18.6 Å². The summed E-state index contributed by atoms with van der Waals surface area (Å²) in [5.41, 5.74) is 2.41. The molecule has 0 unspecified atom stereocenters. The Hall–Kier alpha value is -3.21. The Kier molecular flexibility index (Phi) is 4.75. The van der Waals surface area contributed by atoms with Crippen molar-refractivity contribution in [3.63, 3.8) is 0 Å². The van der Waals surface area contributed by atoms with Gasteiger partial charge >= 0.3 is 5.97 Å². The molecular formula is C20H18O5. The van der Waals surface area contributed by atoms with Crippen LogP contribution in [0.1, 0.15) is 5.56 Å². The van der Waals surface area contributed by atoms with Gasteiger partial charge in [-0.1, -0.05) is 0 Å². The van der Waals surface area contributed by atoms with Crippen LogP contribution < -0.4 is 9.47 Å². The van der Waals surface area contributed by atoms with Crippen molar-refractivity contribution in [2.75, 3.05) is 21.3 Å². The van der Waals surface area contributed by atoms with Crippen LogP contribution in [0.25, 0.3) is 28.4 Å². The molecule has 25 heavy (non-hydrogen) atoms. The van der Waals surface area contributed by atoms with E-state index in [2.05, 4.69) is 4.74 Å². The van der Waals surface area contributed by atoms with Crippen LogP contribution in [0.15, 0.2) is 53.0 Å². The van der Waals surface area contributed by atoms with Crippen LogP contribution in [0, 0.1) is 0 Å². The minimum absolute atomic E-state index is 0.412. The molecule has 0 spiro atoms. The Labute approximate surface area is 145 Å². The maximum Gasteiger partial charge on any atom is 0.330 e. The summed E-state index contributed by atoms with van der Waals surface area (Å²) >= 11 is 0. The second kappa shape index (κ2) is 7.13. The number of hydrogen-bond acceptors (Lipinski definition) is 5. The third-order valence-electron chi connectivity index (χ3n) is 3.81. The number of benzene rings is 2. The molecule has 0 bridgehead atoms. The molecule has 3 rings (SSSR count). The first kappa shape index (κ1) is 16.6. The van der Waals surface area contributed by atoms with Gasteiger partial charge in [-0.15, -0.1) is 0 Å². The minimum Gasteiger partial charge on any atom is -0.497 e. The quantitative estimate of drug-likeness (QED) is 0.513. The van der Waals surface area contributed by atoms with Gasteiger partial charge in [-0.25, -0.2) is 4.79 Å². The van der Waals surface area contributed by atoms with Gasteiger partial charge in [-0.3, -0.25) is 0 Å². The van der Waals surface area contributed by atoms with Crippen LogP contribution in [-0.2, 0) is 9.53 Å². The fourth-order valence-electron chi connectivity index (χ4n) is 2.52. The summed E-state index contributed by atoms with van der Waals surface area (Å²) in [4.78, 5) is 11.3. The van der Waals surface area contributed by atoms with Crippen molar-refractivity contribution >= 4 is 23.0 Å². The van der Waals surface area contributed by atoms with E-state index in [1.54, 1.807) is 20.3 Å². The molecule has 1 heterocycles. The summed E-state index contributed by atoms with van der Waals surface area (Å²) in [6.45, 7) is 0. The highest BCUT2D eigenvalue weighted by Crippen LogP contribution is 2.35. The first-order chi connectivity index (χ1) is 12.1. The predicted molar refractivity (Wildman–Crippen MR) is 95.8 cm³/mol. The molecule has 0 saturated carbocycles. The van der Waals surface area contributed by atoms with Crippen molar-refractivity contribution in [1.82, 2.24) is 0 Å². The number of rotatable bonds is 5. The van der Waals surface area contributed by atoms with Crippen molar-refractivity contribution in [3.05, 3.63) is 54.1 Å². The number of fused-ring (bicyclic) bond motifs is 1. The van der Waals surface area contributed by atoms with Crippen LogP contribution in [-0.4, -0.2) is 27.3 Å². The van der Waals surface area contributed by atoms with Crippen molar-refractivity contribution < 1.29 is 23.4 Å². The Bertz CT molecular complexity index is 919. The first-order valence-corrected chi connectivity index (χ1v) is 7.66. The van der Waals surface area contributed by atoms with E-state index in [0.29, 0.717) is 11.3 Å². The summed E-state index contributed by atoms with van der Waals surface area (Å²) in [5, 5.41) is 0.884. The molecule has 0 aliphatic heterocycles. The highest BCUT2D eigenvalue weighted by Gasteiger charge is 2.12. The third-order valence-corrected chi connectivity index (χ3v) is 3.81. The monoisotopic (exact) mass is 338 g/mol. The normalized spacial score (nSPS) is 11.0. The number of carbonyl (C=O) groups excluding carboxylic acids is 1. The summed E-state index contributed by atoms with van der Waals surface area (Å²) < 4.78 is 21.2. The largest absolute Gasteiger partial charge is 0.497 e. The number of ether oxygens (including phenoxy) is 3. The lowest BCUT2D eigenvalue weighted by Gasteiger charge is -2.03. The standard InChI is InChI=1S/C20H18O5/c1-22-16-7-5-14(6-8-16)17-12-15-10-13(4-9-19(21)24-3)11-18(23-2)20(15)25-17/h4-12H,1-3H3/b9-4+. The van der Waals surface area contributed by atoms with Crippen LogP contribution >= 0.6 is 0 Å². The number of methoxy groups -OCH3 is 3. The average molecular weight is 338 g/mol. The van der Waals surface area contributed by atoms with E-state index in [9.17, 15) is 4.79 Å². The maximum absolute atomic E-state index is 11.3. The molecular weight excluding hydrogens is 320 g/mol. The maximum atomic E-state index is 11.3. The molecule has 0 aliphatic rings. The number of furan rings is 1. The smallest absolute Gasteiger partial charge is 0.330 e. The molecule has 1 aromatic heterocycles. The fourth-order valence-corrected chi connectivity index (χ4v) is 2.52. The van der Waals surface area contributed by atoms with Gasteiger partial charge in [0.1, 0.15) is 11.5 Å². The van der Waals surface area contributed by atoms with Crippen LogP contribution in [0.3, 0.4) is 0 Å². The zero-order valence-corrected chi connectivity index (χ0v) is 14.2. The second-order valence-electron chi connectivity index (χ2n) is 5.34. The van der Waals surface area contributed by atoms with Gasteiger partial charge in [0.05, 0.1) is 21.3 Å². The molecule has 5 heteroatoms. The van der Waals surface area contributed by atoms with E-state index in [1.807, 2.05) is 42.5 Å². The molecule has 0 saturated heterocycles. The van der Waals surface area contributed by atoms with Crippen LogP contribution in [0.2, 0.25) is 0 Å². The molecule has 0 fully saturated rings. The Morgan fingerprint density at radius 1 is 1.00 bits per heavy atom. The molecule has 0 radical (unpaired) electrons. The lowest BCUT2D eigenvalue weighted by atomic mass is 10.1. The van der Waals surface area contributed by atoms with Gasteiger partial charge in [0.2, 0.25) is 0 Å². The van der Waals surface area contributed by atoms with Crippen molar-refractivity contribution in [3.8, 4) is 22.8 Å². The van der Waals surface area contributed by atoms with Crippen molar-refractivity contribution in [2.45, 2.75) is 0 Å². The van der Waals surface area contributed by atoms with E-state index in [4.69, 9.17) is 13.9 Å². The van der Waals surface area contributed by atoms with Gasteiger partial charge in [0.15, 0.2) is 11.3 Å². The molecule has 2 aromatic carbocycles. The highest BCUT2D eigenvalue weighted by molar-refractivity contribution is 5.92. The van der Waals surface area contributed by atoms with Gasteiger partial charge in [0.25, 0.3) is 0 Å². The SMILES string of the molecule is COC(=O)/C=C/c1cc(OC)c2oc(-c3ccc(OC)cc3)cc2c1. The number of esters is 1. The highest BCUT2D eigenvalue weighted by atomic mass is 16.5. The van der Waals surface area contributed by atoms with E-state index >= 15 is 0 Å². The van der Waals surface area contributed by atoms with Crippen LogP contribution in [0.4, 0.5) is 0 Å². The topological polar surface area (TPSA) is 57.9 Å². The van der Waals surface area contributed by atoms with E-state index in [1.165, 1.54) is 13.2 Å². The molecule has 0 atom stereocenters. The lowest BCUT2D eigenvalue weighted by Crippen LogP contribution is -1.93. The molecule has 0 amide bonds. The zero-order chi connectivity index (χ0) is 17.8. The van der Waals surface area contributed by atoms with Crippen LogP contribution in [0.5, 0.6) is 11.5 Å². The lowest BCUT2D eigenvalue weighted by molar-refractivity contribution is -0.134. The summed E-state index contributed by atoms with van der Waals surface area (Å²) in [7, 11) is 4.55. The van der Waals surface area contributed by atoms with Crippen molar-refractivity contribution in [2.24, 2.45) is 0 Å². The third kappa shape index (κ3) is 3.50. The molecule has 3 aromatic rings. The fraction of sp³-hybridized carbons (Fsp3) is 0.150. The van der Waals surface area contributed by atoms with E-state index in [0.717, 1.165) is 28.0 Å². The second-order valence-corrected chi connectivity index (χ2v) is 5.34. The van der Waals surface area contributed by atoms with Gasteiger partial charge in [-0.05, 0) is 54.1 Å². The Morgan fingerprint density at radius 2 is 1.76 bits per heavy atom. The number of hydrogen-bond donors (Lipinski definition) is 0. The first-order valence-electron chi connectivity index (χ1n) is 7.66. The Morgan fingerprint density at radius 3 is 2.40 bits per heavy atom. The molecule has 5 nitrogen and oxygen atoms in total. The number of carbonyl (C=O) groups is 1. The average Bonchev–Trinajstić information content (AvgIpc) is 3.09. The summed E-state index contributed by atoms with van der Waals surface area (Å²) in [6.07, 6.45) is 3.04. The summed E-state index contributed by atoms with van der Waals surface area (Å²) in [6, 6.07) is 13.3. The van der Waals surface area contributed by atoms with Gasteiger partial charge in [-0.2, -0.15) is 0 Å². The molecule has 0 aliphatic carbocycles. The van der Waals surface area contributed by atoms with Crippen molar-refractivity contribution in [1.29, 1.82) is 0 Å². The van der Waals surface area contributed by atoms with Gasteiger partial charge in [0, 0.05) is 17.0 Å². The van der Waals surface area contributed by atoms with E-state index in [-0.39, 0.29) is 0 Å². The molecule has 0 N–H and O–H groups in total. The minimum atomic E-state index is -0.412.